The lowest BCUT2D eigenvalue weighted by Crippen LogP contribution is -2.58. The van der Waals surface area contributed by atoms with Crippen LogP contribution in [-0.2, 0) is 4.74 Å². The minimum Gasteiger partial charge on any atom is -0.495 e. The van der Waals surface area contributed by atoms with Crippen LogP contribution in [-0.4, -0.2) is 33.4 Å². The maximum Gasteiger partial charge on any atom is 0.143 e. The van der Waals surface area contributed by atoms with Gasteiger partial charge in [0.2, 0.25) is 0 Å². The molecule has 4 nitrogen and oxygen atoms in total. The molecule has 0 amide bonds. The summed E-state index contributed by atoms with van der Waals surface area (Å²) >= 11 is 0. The zero-order valence-electron chi connectivity index (χ0n) is 11.2. The molecule has 0 N–H and O–H groups in total. The van der Waals surface area contributed by atoms with Gasteiger partial charge in [-0.15, -0.1) is 0 Å². The van der Waals surface area contributed by atoms with Crippen LogP contribution in [0.1, 0.15) is 18.4 Å². The van der Waals surface area contributed by atoms with Crippen LogP contribution in [0.4, 0.5) is 5.69 Å². The monoisotopic (exact) mass is 258 g/mol. The van der Waals surface area contributed by atoms with E-state index in [2.05, 4.69) is 11.0 Å². The first kappa shape index (κ1) is 12.3. The highest BCUT2D eigenvalue weighted by Gasteiger charge is 2.45. The largest absolute Gasteiger partial charge is 0.495 e. The van der Waals surface area contributed by atoms with Gasteiger partial charge in [-0.2, -0.15) is 5.26 Å². The van der Waals surface area contributed by atoms with E-state index in [4.69, 9.17) is 9.47 Å². The lowest BCUT2D eigenvalue weighted by molar-refractivity contribution is -0.000327. The van der Waals surface area contributed by atoms with E-state index >= 15 is 0 Å². The number of anilines is 1. The van der Waals surface area contributed by atoms with Gasteiger partial charge in [0.1, 0.15) is 11.8 Å². The number of para-hydroxylation sites is 1. The van der Waals surface area contributed by atoms with Gasteiger partial charge in [0.25, 0.3) is 0 Å². The van der Waals surface area contributed by atoms with Crippen LogP contribution in [0.2, 0.25) is 0 Å². The predicted octanol–water partition coefficient (Wildman–Crippen LogP) is 2.18. The first-order chi connectivity index (χ1) is 9.28. The molecule has 2 aliphatic rings. The van der Waals surface area contributed by atoms with Gasteiger partial charge < -0.3 is 14.4 Å². The van der Waals surface area contributed by atoms with Gasteiger partial charge in [-0.3, -0.25) is 0 Å². The third-order valence-electron chi connectivity index (χ3n) is 4.26. The Morgan fingerprint density at radius 2 is 2.05 bits per heavy atom. The molecule has 0 aromatic heterocycles. The minimum absolute atomic E-state index is 0.395. The Morgan fingerprint density at radius 3 is 2.68 bits per heavy atom. The number of hydrogen-bond acceptors (Lipinski definition) is 4. The summed E-state index contributed by atoms with van der Waals surface area (Å²) in [6.07, 6.45) is 2.25. The maximum absolute atomic E-state index is 9.26. The second kappa shape index (κ2) is 4.75. The van der Waals surface area contributed by atoms with E-state index in [1.54, 1.807) is 7.11 Å². The van der Waals surface area contributed by atoms with Crippen molar-refractivity contribution in [3.8, 4) is 11.8 Å². The van der Waals surface area contributed by atoms with E-state index in [0.717, 1.165) is 50.6 Å². The molecule has 2 saturated heterocycles. The Morgan fingerprint density at radius 1 is 1.32 bits per heavy atom. The maximum atomic E-state index is 9.26. The number of nitriles is 1. The second-order valence-electron chi connectivity index (χ2n) is 5.44. The molecule has 1 spiro atoms. The van der Waals surface area contributed by atoms with Crippen molar-refractivity contribution in [2.24, 2.45) is 5.41 Å². The summed E-state index contributed by atoms with van der Waals surface area (Å²) in [6, 6.07) is 7.91. The lowest BCUT2D eigenvalue weighted by atomic mass is 9.73. The van der Waals surface area contributed by atoms with Crippen LogP contribution in [0.25, 0.3) is 0 Å². The molecular weight excluding hydrogens is 240 g/mol. The zero-order chi connectivity index (χ0) is 13.3. The number of ether oxygens (including phenoxy) is 2. The summed E-state index contributed by atoms with van der Waals surface area (Å²) in [5.41, 5.74) is 2.04. The number of benzene rings is 1. The molecule has 4 heteroatoms. The minimum atomic E-state index is 0.395. The van der Waals surface area contributed by atoms with Gasteiger partial charge in [-0.05, 0) is 25.0 Å². The van der Waals surface area contributed by atoms with E-state index in [0.29, 0.717) is 11.0 Å². The summed E-state index contributed by atoms with van der Waals surface area (Å²) < 4.78 is 10.8. The molecule has 19 heavy (non-hydrogen) atoms. The summed E-state index contributed by atoms with van der Waals surface area (Å²) in [5.74, 6) is 0.793. The molecule has 3 rings (SSSR count). The zero-order valence-corrected chi connectivity index (χ0v) is 11.2. The normalized spacial score (nSPS) is 20.7. The number of nitrogens with zero attached hydrogens (tertiary/aromatic N) is 2. The smallest absolute Gasteiger partial charge is 0.143 e. The highest BCUT2D eigenvalue weighted by Crippen LogP contribution is 2.45. The van der Waals surface area contributed by atoms with E-state index in [1.807, 2.05) is 18.2 Å². The molecule has 0 radical (unpaired) electrons. The van der Waals surface area contributed by atoms with Crippen molar-refractivity contribution in [2.75, 3.05) is 38.3 Å². The van der Waals surface area contributed by atoms with Crippen molar-refractivity contribution in [1.82, 2.24) is 0 Å². The second-order valence-corrected chi connectivity index (χ2v) is 5.44. The van der Waals surface area contributed by atoms with E-state index in [9.17, 15) is 5.26 Å². The Kier molecular flexibility index (Phi) is 3.08. The van der Waals surface area contributed by atoms with Crippen molar-refractivity contribution < 1.29 is 9.47 Å². The fourth-order valence-corrected chi connectivity index (χ4v) is 3.15. The van der Waals surface area contributed by atoms with Crippen LogP contribution in [0.3, 0.4) is 0 Å². The Balaban J connectivity index is 1.83. The average Bonchev–Trinajstić information content (AvgIpc) is 2.44. The standard InChI is InChI=1S/C15H18N2O2/c1-18-13-4-2-3-12(9-16)14(13)17-10-15(11-17)5-7-19-8-6-15/h2-4H,5-8,10-11H2,1H3. The molecule has 2 fully saturated rings. The van der Waals surface area contributed by atoms with Gasteiger partial charge in [0, 0.05) is 31.7 Å². The molecule has 2 heterocycles. The van der Waals surface area contributed by atoms with Crippen LogP contribution >= 0.6 is 0 Å². The fraction of sp³-hybridized carbons (Fsp3) is 0.533. The fourth-order valence-electron chi connectivity index (χ4n) is 3.15. The van der Waals surface area contributed by atoms with Crippen LogP contribution in [0, 0.1) is 16.7 Å². The molecule has 0 unspecified atom stereocenters. The van der Waals surface area contributed by atoms with Gasteiger partial charge in [0.05, 0.1) is 18.4 Å². The third-order valence-corrected chi connectivity index (χ3v) is 4.26. The topological polar surface area (TPSA) is 45.5 Å². The summed E-state index contributed by atoms with van der Waals surface area (Å²) in [7, 11) is 1.66. The lowest BCUT2D eigenvalue weighted by Gasteiger charge is -2.53. The Bertz CT molecular complexity index is 507. The molecule has 0 bridgehead atoms. The summed E-state index contributed by atoms with van der Waals surface area (Å²) in [6.45, 7) is 3.74. The number of rotatable bonds is 2. The first-order valence-electron chi connectivity index (χ1n) is 6.68. The van der Waals surface area contributed by atoms with Crippen molar-refractivity contribution in [2.45, 2.75) is 12.8 Å². The van der Waals surface area contributed by atoms with Crippen molar-refractivity contribution in [1.29, 1.82) is 5.26 Å². The van der Waals surface area contributed by atoms with Crippen molar-refractivity contribution in [3.05, 3.63) is 23.8 Å². The molecule has 1 aromatic rings. The number of hydrogen-bond donors (Lipinski definition) is 0. The van der Waals surface area contributed by atoms with E-state index in [-0.39, 0.29) is 0 Å². The highest BCUT2D eigenvalue weighted by atomic mass is 16.5. The molecule has 2 aliphatic heterocycles. The van der Waals surface area contributed by atoms with Gasteiger partial charge in [-0.1, -0.05) is 6.07 Å². The van der Waals surface area contributed by atoms with Crippen molar-refractivity contribution in [3.63, 3.8) is 0 Å². The quantitative estimate of drug-likeness (QED) is 0.815. The van der Waals surface area contributed by atoms with Crippen LogP contribution < -0.4 is 9.64 Å². The van der Waals surface area contributed by atoms with Gasteiger partial charge >= 0.3 is 0 Å². The average molecular weight is 258 g/mol. The van der Waals surface area contributed by atoms with Crippen LogP contribution in [0.5, 0.6) is 5.75 Å². The van der Waals surface area contributed by atoms with Crippen molar-refractivity contribution >= 4 is 5.69 Å². The molecule has 0 saturated carbocycles. The summed E-state index contributed by atoms with van der Waals surface area (Å²) in [4.78, 5) is 2.27. The van der Waals surface area contributed by atoms with Gasteiger partial charge in [-0.25, -0.2) is 0 Å². The SMILES string of the molecule is COc1cccc(C#N)c1N1CC2(CCOCC2)C1. The molecular formula is C15H18N2O2. The van der Waals surface area contributed by atoms with E-state index in [1.165, 1.54) is 0 Å². The van der Waals surface area contributed by atoms with E-state index < -0.39 is 0 Å². The Labute approximate surface area is 113 Å². The highest BCUT2D eigenvalue weighted by molar-refractivity contribution is 5.69. The Hall–Kier alpha value is -1.73. The first-order valence-corrected chi connectivity index (χ1v) is 6.68. The van der Waals surface area contributed by atoms with Gasteiger partial charge in [0.15, 0.2) is 0 Å². The molecule has 0 aliphatic carbocycles. The molecule has 100 valence electrons. The molecule has 0 atom stereocenters. The van der Waals surface area contributed by atoms with Crippen LogP contribution in [0.15, 0.2) is 18.2 Å². The number of methoxy groups -OCH3 is 1. The third kappa shape index (κ3) is 2.04. The predicted molar refractivity (Wildman–Crippen MR) is 72.4 cm³/mol. The molecule has 1 aromatic carbocycles. The summed E-state index contributed by atoms with van der Waals surface area (Å²) in [5, 5.41) is 9.26.